The Morgan fingerprint density at radius 1 is 1.21 bits per heavy atom. The molecule has 204 valence electrons. The minimum atomic E-state index is -0.912. The second-order valence-electron chi connectivity index (χ2n) is 10.6. The Balaban J connectivity index is 1.62. The number of carbonyl (C=O) groups excluding carboxylic acids is 1. The minimum absolute atomic E-state index is 0.132. The van der Waals surface area contributed by atoms with Crippen LogP contribution in [0.15, 0.2) is 48.7 Å². The lowest BCUT2D eigenvalue weighted by Gasteiger charge is -2.32. The van der Waals surface area contributed by atoms with Crippen LogP contribution < -0.4 is 4.74 Å². The van der Waals surface area contributed by atoms with E-state index in [0.29, 0.717) is 0 Å². The molecule has 2 atom stereocenters. The first-order valence-electron chi connectivity index (χ1n) is 13.4. The molecule has 0 spiro atoms. The van der Waals surface area contributed by atoms with Gasteiger partial charge in [0.1, 0.15) is 17.5 Å². The van der Waals surface area contributed by atoms with Crippen LogP contribution in [0.1, 0.15) is 68.2 Å². The second kappa shape index (κ2) is 12.1. The van der Waals surface area contributed by atoms with E-state index in [1.807, 2.05) is 39.1 Å². The summed E-state index contributed by atoms with van der Waals surface area (Å²) in [6, 6.07) is 14.6. The number of ether oxygens (including phenoxy) is 3. The van der Waals surface area contributed by atoms with Crippen molar-refractivity contribution in [3.05, 3.63) is 76.6 Å². The summed E-state index contributed by atoms with van der Waals surface area (Å²) in [6.07, 6.45) is 2.41. The molecular formula is C30H40N4O4. The Morgan fingerprint density at radius 3 is 2.71 bits per heavy atom. The van der Waals surface area contributed by atoms with Crippen molar-refractivity contribution in [1.82, 2.24) is 19.9 Å². The maximum atomic E-state index is 12.8. The molecule has 1 aromatic heterocycles. The van der Waals surface area contributed by atoms with E-state index in [4.69, 9.17) is 14.2 Å². The molecule has 1 aliphatic heterocycles. The molecule has 2 unspecified atom stereocenters. The molecule has 3 aromatic rings. The van der Waals surface area contributed by atoms with Gasteiger partial charge in [0.2, 0.25) is 0 Å². The normalized spacial score (nSPS) is 16.8. The molecule has 0 radical (unpaired) electrons. The SMILES string of the molecule is CCC1CN(Cc2cc(C(OCc3cn(CC)nn3)C(C)(C)C(=O)OC)ccc2C)Cc2ccccc2O1. The summed E-state index contributed by atoms with van der Waals surface area (Å²) < 4.78 is 19.6. The van der Waals surface area contributed by atoms with Crippen LogP contribution in [0.4, 0.5) is 0 Å². The first-order valence-corrected chi connectivity index (χ1v) is 13.4. The first kappa shape index (κ1) is 27.8. The number of aromatic nitrogens is 3. The summed E-state index contributed by atoms with van der Waals surface area (Å²) in [4.78, 5) is 15.3. The van der Waals surface area contributed by atoms with Gasteiger partial charge in [-0.1, -0.05) is 48.5 Å². The average Bonchev–Trinajstić information content (AvgIpc) is 3.30. The molecule has 0 amide bonds. The van der Waals surface area contributed by atoms with Crippen molar-refractivity contribution in [1.29, 1.82) is 0 Å². The van der Waals surface area contributed by atoms with Crippen molar-refractivity contribution < 1.29 is 19.0 Å². The van der Waals surface area contributed by atoms with Crippen LogP contribution in [0, 0.1) is 12.3 Å². The molecule has 1 aliphatic rings. The molecule has 8 heteroatoms. The van der Waals surface area contributed by atoms with Crippen LogP contribution in [-0.4, -0.2) is 45.6 Å². The summed E-state index contributed by atoms with van der Waals surface area (Å²) in [5.41, 5.74) is 4.33. The Bertz CT molecular complexity index is 1240. The summed E-state index contributed by atoms with van der Waals surface area (Å²) in [5, 5.41) is 8.31. The number of rotatable bonds is 10. The van der Waals surface area contributed by atoms with Gasteiger partial charge in [0, 0.05) is 31.7 Å². The van der Waals surface area contributed by atoms with Gasteiger partial charge in [-0.2, -0.15) is 0 Å². The van der Waals surface area contributed by atoms with Gasteiger partial charge < -0.3 is 14.2 Å². The monoisotopic (exact) mass is 520 g/mol. The van der Waals surface area contributed by atoms with Crippen molar-refractivity contribution >= 4 is 5.97 Å². The molecule has 0 N–H and O–H groups in total. The van der Waals surface area contributed by atoms with Crippen molar-refractivity contribution in [3.8, 4) is 5.75 Å². The lowest BCUT2D eigenvalue weighted by atomic mass is 9.81. The third-order valence-electron chi connectivity index (χ3n) is 7.32. The van der Waals surface area contributed by atoms with Crippen LogP contribution in [0.2, 0.25) is 0 Å². The van der Waals surface area contributed by atoms with Crippen LogP contribution in [0.5, 0.6) is 5.75 Å². The Morgan fingerprint density at radius 2 is 2.00 bits per heavy atom. The van der Waals surface area contributed by atoms with E-state index >= 15 is 0 Å². The highest BCUT2D eigenvalue weighted by atomic mass is 16.5. The van der Waals surface area contributed by atoms with Gasteiger partial charge in [-0.15, -0.1) is 5.10 Å². The smallest absolute Gasteiger partial charge is 0.314 e. The number of hydrogen-bond acceptors (Lipinski definition) is 7. The van der Waals surface area contributed by atoms with Gasteiger partial charge in [0.25, 0.3) is 0 Å². The fourth-order valence-corrected chi connectivity index (χ4v) is 4.98. The predicted octanol–water partition coefficient (Wildman–Crippen LogP) is 5.24. The maximum Gasteiger partial charge on any atom is 0.314 e. The highest BCUT2D eigenvalue weighted by Crippen LogP contribution is 2.39. The largest absolute Gasteiger partial charge is 0.489 e. The van der Waals surface area contributed by atoms with Crippen molar-refractivity contribution in [3.63, 3.8) is 0 Å². The van der Waals surface area contributed by atoms with Crippen molar-refractivity contribution in [2.75, 3.05) is 13.7 Å². The van der Waals surface area contributed by atoms with Gasteiger partial charge in [-0.25, -0.2) is 0 Å². The highest BCUT2D eigenvalue weighted by Gasteiger charge is 2.40. The number of methoxy groups -OCH3 is 1. The average molecular weight is 521 g/mol. The standard InChI is InChI=1S/C30H40N4O4/c1-7-26-19-33(16-23-11-9-10-12-27(23)38-26)17-24-15-22(14-13-21(24)3)28(30(4,5)29(35)36-6)37-20-25-18-34(8-2)32-31-25/h9-15,18,26,28H,7-8,16-17,19-20H2,1-6H3. The van der Waals surface area contributed by atoms with E-state index in [-0.39, 0.29) is 18.7 Å². The molecule has 8 nitrogen and oxygen atoms in total. The molecule has 0 fully saturated rings. The number of hydrogen-bond donors (Lipinski definition) is 0. The van der Waals surface area contributed by atoms with E-state index in [1.165, 1.54) is 23.8 Å². The zero-order chi connectivity index (χ0) is 27.3. The van der Waals surface area contributed by atoms with Crippen LogP contribution in [0.25, 0.3) is 0 Å². The van der Waals surface area contributed by atoms with Gasteiger partial charge in [0.05, 0.1) is 31.4 Å². The fourth-order valence-electron chi connectivity index (χ4n) is 4.98. The number of nitrogens with zero attached hydrogens (tertiary/aromatic N) is 4. The van der Waals surface area contributed by atoms with Crippen molar-refractivity contribution in [2.24, 2.45) is 5.41 Å². The lowest BCUT2D eigenvalue weighted by molar-refractivity contribution is -0.162. The zero-order valence-corrected chi connectivity index (χ0v) is 23.4. The Hall–Kier alpha value is -3.23. The summed E-state index contributed by atoms with van der Waals surface area (Å²) in [5.74, 6) is 0.648. The number of benzene rings is 2. The molecule has 4 rings (SSSR count). The number of carbonyl (C=O) groups is 1. The highest BCUT2D eigenvalue weighted by molar-refractivity contribution is 5.77. The molecule has 2 aromatic carbocycles. The van der Waals surface area contributed by atoms with E-state index < -0.39 is 11.5 Å². The third-order valence-corrected chi connectivity index (χ3v) is 7.32. The summed E-state index contributed by atoms with van der Waals surface area (Å²) in [6.45, 7) is 13.4. The molecule has 2 heterocycles. The predicted molar refractivity (Wildman–Crippen MR) is 145 cm³/mol. The molecule has 0 saturated heterocycles. The number of para-hydroxylation sites is 1. The summed E-state index contributed by atoms with van der Waals surface area (Å²) in [7, 11) is 1.41. The number of fused-ring (bicyclic) bond motifs is 1. The fraction of sp³-hybridized carbons (Fsp3) is 0.500. The Labute approximate surface area is 225 Å². The number of aryl methyl sites for hydroxylation is 2. The van der Waals surface area contributed by atoms with E-state index in [9.17, 15) is 4.79 Å². The molecule has 0 bridgehead atoms. The van der Waals surface area contributed by atoms with E-state index in [1.54, 1.807) is 4.68 Å². The summed E-state index contributed by atoms with van der Waals surface area (Å²) >= 11 is 0. The quantitative estimate of drug-likeness (QED) is 0.339. The topological polar surface area (TPSA) is 78.7 Å². The van der Waals surface area contributed by atoms with Gasteiger partial charge in [-0.3, -0.25) is 14.4 Å². The van der Waals surface area contributed by atoms with Gasteiger partial charge >= 0.3 is 5.97 Å². The van der Waals surface area contributed by atoms with Crippen LogP contribution >= 0.6 is 0 Å². The second-order valence-corrected chi connectivity index (χ2v) is 10.6. The lowest BCUT2D eigenvalue weighted by Crippen LogP contribution is -2.34. The maximum absolute atomic E-state index is 12.8. The van der Waals surface area contributed by atoms with Crippen LogP contribution in [0.3, 0.4) is 0 Å². The molecular weight excluding hydrogens is 480 g/mol. The number of esters is 1. The first-order chi connectivity index (χ1) is 18.2. The van der Waals surface area contributed by atoms with Crippen LogP contribution in [-0.2, 0) is 40.5 Å². The molecule has 0 saturated carbocycles. The third kappa shape index (κ3) is 6.25. The Kier molecular flexibility index (Phi) is 8.84. The van der Waals surface area contributed by atoms with Gasteiger partial charge in [0.15, 0.2) is 0 Å². The molecule has 0 aliphatic carbocycles. The zero-order valence-electron chi connectivity index (χ0n) is 23.4. The van der Waals surface area contributed by atoms with E-state index in [2.05, 4.69) is 59.4 Å². The van der Waals surface area contributed by atoms with E-state index in [0.717, 1.165) is 49.6 Å². The van der Waals surface area contributed by atoms with Crippen molar-refractivity contribution in [2.45, 2.75) is 79.5 Å². The van der Waals surface area contributed by atoms with Gasteiger partial charge in [-0.05, 0) is 56.9 Å². The molecule has 38 heavy (non-hydrogen) atoms. The minimum Gasteiger partial charge on any atom is -0.489 e.